The summed E-state index contributed by atoms with van der Waals surface area (Å²) in [6.45, 7) is 0. The average molecular weight is 250 g/mol. The maximum Gasteiger partial charge on any atom is 0.328 e. The molecular formula is C12H14N2O4. The second-order valence-electron chi connectivity index (χ2n) is 3.59. The maximum atomic E-state index is 11.8. The fourth-order valence-corrected chi connectivity index (χ4v) is 1.37. The SMILES string of the molecule is COC(=O)[C@H](CC(N)=O)NC(=O)c1ccccc1. The number of amides is 2. The largest absolute Gasteiger partial charge is 0.467 e. The van der Waals surface area contributed by atoms with E-state index in [9.17, 15) is 14.4 Å². The molecule has 2 amide bonds. The van der Waals surface area contributed by atoms with Crippen molar-refractivity contribution in [2.45, 2.75) is 12.5 Å². The highest BCUT2D eigenvalue weighted by molar-refractivity contribution is 5.97. The molecule has 0 unspecified atom stereocenters. The Morgan fingerprint density at radius 2 is 1.89 bits per heavy atom. The lowest BCUT2D eigenvalue weighted by Gasteiger charge is -2.14. The number of benzene rings is 1. The Kier molecular flexibility index (Phi) is 4.86. The van der Waals surface area contributed by atoms with E-state index in [1.807, 2.05) is 0 Å². The number of methoxy groups -OCH3 is 1. The second-order valence-corrected chi connectivity index (χ2v) is 3.59. The lowest BCUT2D eigenvalue weighted by molar-refractivity contribution is -0.144. The van der Waals surface area contributed by atoms with Crippen molar-refractivity contribution in [3.05, 3.63) is 35.9 Å². The van der Waals surface area contributed by atoms with Crippen LogP contribution in [0.3, 0.4) is 0 Å². The molecule has 0 fully saturated rings. The van der Waals surface area contributed by atoms with Gasteiger partial charge in [0.1, 0.15) is 6.04 Å². The lowest BCUT2D eigenvalue weighted by atomic mass is 10.1. The summed E-state index contributed by atoms with van der Waals surface area (Å²) >= 11 is 0. The second kappa shape index (κ2) is 6.39. The summed E-state index contributed by atoms with van der Waals surface area (Å²) in [6, 6.07) is 7.26. The molecule has 0 heterocycles. The van der Waals surface area contributed by atoms with Gasteiger partial charge in [-0.2, -0.15) is 0 Å². The summed E-state index contributed by atoms with van der Waals surface area (Å²) in [5, 5.41) is 2.40. The van der Waals surface area contributed by atoms with Crippen LogP contribution in [-0.4, -0.2) is 30.9 Å². The molecule has 3 N–H and O–H groups in total. The predicted molar refractivity (Wildman–Crippen MR) is 63.5 cm³/mol. The van der Waals surface area contributed by atoms with Crippen LogP contribution >= 0.6 is 0 Å². The van der Waals surface area contributed by atoms with Crippen molar-refractivity contribution < 1.29 is 19.1 Å². The minimum atomic E-state index is -1.07. The van der Waals surface area contributed by atoms with E-state index in [-0.39, 0.29) is 6.42 Å². The maximum absolute atomic E-state index is 11.8. The summed E-state index contributed by atoms with van der Waals surface area (Å²) in [4.78, 5) is 34.0. The molecule has 1 aromatic carbocycles. The summed E-state index contributed by atoms with van der Waals surface area (Å²) in [5.74, 6) is -1.87. The van der Waals surface area contributed by atoms with E-state index in [0.29, 0.717) is 5.56 Å². The Morgan fingerprint density at radius 1 is 1.28 bits per heavy atom. The monoisotopic (exact) mass is 250 g/mol. The fraction of sp³-hybridized carbons (Fsp3) is 0.250. The van der Waals surface area contributed by atoms with Gasteiger partial charge < -0.3 is 15.8 Å². The molecule has 1 rings (SSSR count). The molecule has 0 aliphatic rings. The first-order valence-corrected chi connectivity index (χ1v) is 5.26. The highest BCUT2D eigenvalue weighted by Crippen LogP contribution is 2.01. The van der Waals surface area contributed by atoms with Crippen LogP contribution in [0.5, 0.6) is 0 Å². The molecular weight excluding hydrogens is 236 g/mol. The third kappa shape index (κ3) is 3.89. The molecule has 0 aliphatic carbocycles. The molecule has 0 saturated heterocycles. The van der Waals surface area contributed by atoms with Crippen LogP contribution in [0.1, 0.15) is 16.8 Å². The molecule has 0 saturated carbocycles. The Labute approximate surface area is 104 Å². The number of esters is 1. The summed E-state index contributed by atoms with van der Waals surface area (Å²) in [5.41, 5.74) is 5.39. The number of hydrogen-bond donors (Lipinski definition) is 2. The third-order valence-corrected chi connectivity index (χ3v) is 2.23. The Bertz CT molecular complexity index is 445. The van der Waals surface area contributed by atoms with Crippen LogP contribution in [0.15, 0.2) is 30.3 Å². The highest BCUT2D eigenvalue weighted by Gasteiger charge is 2.23. The Hall–Kier alpha value is -2.37. The van der Waals surface area contributed by atoms with Crippen LogP contribution in [0.4, 0.5) is 0 Å². The molecule has 1 atom stereocenters. The van der Waals surface area contributed by atoms with Crippen molar-refractivity contribution in [2.24, 2.45) is 5.73 Å². The molecule has 1 aromatic rings. The van der Waals surface area contributed by atoms with E-state index in [4.69, 9.17) is 5.73 Å². The molecule has 96 valence electrons. The van der Waals surface area contributed by atoms with Crippen molar-refractivity contribution >= 4 is 17.8 Å². The first-order chi connectivity index (χ1) is 8.54. The van der Waals surface area contributed by atoms with Gasteiger partial charge in [0, 0.05) is 5.56 Å². The van der Waals surface area contributed by atoms with E-state index in [1.165, 1.54) is 7.11 Å². The quantitative estimate of drug-likeness (QED) is 0.709. The van der Waals surface area contributed by atoms with Gasteiger partial charge in [0.05, 0.1) is 13.5 Å². The molecule has 0 spiro atoms. The van der Waals surface area contributed by atoms with Gasteiger partial charge in [-0.05, 0) is 12.1 Å². The summed E-state index contributed by atoms with van der Waals surface area (Å²) < 4.78 is 4.49. The van der Waals surface area contributed by atoms with Gasteiger partial charge >= 0.3 is 5.97 Å². The van der Waals surface area contributed by atoms with Crippen molar-refractivity contribution in [2.75, 3.05) is 7.11 Å². The van der Waals surface area contributed by atoms with Gasteiger partial charge in [0.25, 0.3) is 5.91 Å². The standard InChI is InChI=1S/C12H14N2O4/c1-18-12(17)9(7-10(13)15)14-11(16)8-5-3-2-4-6-8/h2-6,9H,7H2,1H3,(H2,13,15)(H,14,16)/t9-/m0/s1. The van der Waals surface area contributed by atoms with Gasteiger partial charge in [-0.15, -0.1) is 0 Å². The first-order valence-electron chi connectivity index (χ1n) is 5.26. The van der Waals surface area contributed by atoms with Gasteiger partial charge in [-0.1, -0.05) is 18.2 Å². The molecule has 6 heteroatoms. The van der Waals surface area contributed by atoms with E-state index in [1.54, 1.807) is 30.3 Å². The zero-order chi connectivity index (χ0) is 13.5. The van der Waals surface area contributed by atoms with Crippen molar-refractivity contribution in [1.29, 1.82) is 0 Å². The Morgan fingerprint density at radius 3 is 2.39 bits per heavy atom. The van der Waals surface area contributed by atoms with Crippen LogP contribution in [0.25, 0.3) is 0 Å². The van der Waals surface area contributed by atoms with Gasteiger partial charge in [0.15, 0.2) is 0 Å². The van der Waals surface area contributed by atoms with Crippen molar-refractivity contribution in [3.8, 4) is 0 Å². The van der Waals surface area contributed by atoms with E-state index in [2.05, 4.69) is 10.1 Å². The number of rotatable bonds is 5. The first kappa shape index (κ1) is 13.7. The van der Waals surface area contributed by atoms with Crippen LogP contribution < -0.4 is 11.1 Å². The van der Waals surface area contributed by atoms with Gasteiger partial charge in [0.2, 0.25) is 5.91 Å². The predicted octanol–water partition coefficient (Wildman–Crippen LogP) is -0.167. The van der Waals surface area contributed by atoms with E-state index >= 15 is 0 Å². The highest BCUT2D eigenvalue weighted by atomic mass is 16.5. The Balaban J connectivity index is 2.74. The average Bonchev–Trinajstić information content (AvgIpc) is 2.37. The van der Waals surface area contributed by atoms with Crippen molar-refractivity contribution in [1.82, 2.24) is 5.32 Å². The van der Waals surface area contributed by atoms with E-state index in [0.717, 1.165) is 0 Å². The molecule has 6 nitrogen and oxygen atoms in total. The minimum Gasteiger partial charge on any atom is -0.467 e. The number of nitrogens with two attached hydrogens (primary N) is 1. The zero-order valence-corrected chi connectivity index (χ0v) is 9.88. The number of nitrogens with one attached hydrogen (secondary N) is 1. The zero-order valence-electron chi connectivity index (χ0n) is 9.88. The number of carbonyl (C=O) groups excluding carboxylic acids is 3. The van der Waals surface area contributed by atoms with Crippen LogP contribution in [0.2, 0.25) is 0 Å². The van der Waals surface area contributed by atoms with Crippen molar-refractivity contribution in [3.63, 3.8) is 0 Å². The fourth-order valence-electron chi connectivity index (χ4n) is 1.37. The lowest BCUT2D eigenvalue weighted by Crippen LogP contribution is -2.43. The van der Waals surface area contributed by atoms with Crippen LogP contribution in [-0.2, 0) is 14.3 Å². The smallest absolute Gasteiger partial charge is 0.328 e. The summed E-state index contributed by atoms with van der Waals surface area (Å²) in [6.07, 6.45) is -0.300. The van der Waals surface area contributed by atoms with Crippen LogP contribution in [0, 0.1) is 0 Å². The summed E-state index contributed by atoms with van der Waals surface area (Å²) in [7, 11) is 1.17. The van der Waals surface area contributed by atoms with Gasteiger partial charge in [-0.3, -0.25) is 9.59 Å². The van der Waals surface area contributed by atoms with E-state index < -0.39 is 23.8 Å². The topological polar surface area (TPSA) is 98.5 Å². The number of hydrogen-bond acceptors (Lipinski definition) is 4. The number of ether oxygens (including phenoxy) is 1. The molecule has 0 radical (unpaired) electrons. The van der Waals surface area contributed by atoms with Gasteiger partial charge in [-0.25, -0.2) is 4.79 Å². The molecule has 0 bridgehead atoms. The molecule has 0 aliphatic heterocycles. The number of primary amides is 1. The normalized spacial score (nSPS) is 11.4. The molecule has 18 heavy (non-hydrogen) atoms. The number of carbonyl (C=O) groups is 3. The third-order valence-electron chi connectivity index (χ3n) is 2.23. The minimum absolute atomic E-state index is 0.300. The molecule has 0 aromatic heterocycles.